The van der Waals surface area contributed by atoms with E-state index in [9.17, 15) is 4.79 Å². The molecule has 0 saturated carbocycles. The Balaban J connectivity index is 1.54. The lowest BCUT2D eigenvalue weighted by Crippen LogP contribution is -2.03. The highest BCUT2D eigenvalue weighted by Crippen LogP contribution is 2.37. The molecule has 27 heavy (non-hydrogen) atoms. The van der Waals surface area contributed by atoms with E-state index < -0.39 is 0 Å². The monoisotopic (exact) mass is 370 g/mol. The molecular weight excluding hydrogens is 356 g/mol. The molecule has 2 aromatic heterocycles. The molecule has 0 saturated heterocycles. The van der Waals surface area contributed by atoms with Crippen LogP contribution in [-0.2, 0) is 4.79 Å². The number of carbonyl (C=O) groups excluding carboxylic acids is 1. The van der Waals surface area contributed by atoms with Crippen LogP contribution < -0.4 is 5.32 Å². The van der Waals surface area contributed by atoms with Gasteiger partial charge in [0.05, 0.1) is 29.5 Å². The number of aromatic nitrogens is 3. The van der Waals surface area contributed by atoms with Gasteiger partial charge >= 0.3 is 0 Å². The highest BCUT2D eigenvalue weighted by molar-refractivity contribution is 7.13. The van der Waals surface area contributed by atoms with Gasteiger partial charge in [-0.2, -0.15) is 0 Å². The van der Waals surface area contributed by atoms with Gasteiger partial charge < -0.3 is 10.3 Å². The summed E-state index contributed by atoms with van der Waals surface area (Å²) in [5, 5.41) is 5.94. The lowest BCUT2D eigenvalue weighted by Gasteiger charge is -2.02. The molecule has 0 spiro atoms. The van der Waals surface area contributed by atoms with Crippen molar-refractivity contribution >= 4 is 34.6 Å². The maximum Gasteiger partial charge on any atom is 0.256 e. The first-order chi connectivity index (χ1) is 13.3. The number of carbonyl (C=O) groups is 1. The zero-order valence-electron chi connectivity index (χ0n) is 14.1. The topological polar surface area (TPSA) is 70.7 Å². The fourth-order valence-electron chi connectivity index (χ4n) is 3.11. The Hall–Kier alpha value is -3.51. The first-order valence-corrected chi connectivity index (χ1v) is 9.33. The first kappa shape index (κ1) is 15.7. The molecule has 3 heterocycles. The molecule has 0 aliphatic carbocycles. The molecule has 1 amide bonds. The molecule has 6 heteroatoms. The van der Waals surface area contributed by atoms with E-state index >= 15 is 0 Å². The SMILES string of the molecule is O=C1Nc2ccc(-c3csc(-c4ccccc4)n3)cc2C1=Cc1cnc[nH]1. The van der Waals surface area contributed by atoms with E-state index in [0.29, 0.717) is 5.57 Å². The molecule has 2 N–H and O–H groups in total. The van der Waals surface area contributed by atoms with Crippen LogP contribution in [0.15, 0.2) is 66.4 Å². The molecule has 0 fully saturated rings. The van der Waals surface area contributed by atoms with Gasteiger partial charge in [0.25, 0.3) is 5.91 Å². The number of rotatable bonds is 3. The molecule has 2 aromatic carbocycles. The van der Waals surface area contributed by atoms with Gasteiger partial charge in [0.1, 0.15) is 5.01 Å². The Morgan fingerprint density at radius 2 is 1.93 bits per heavy atom. The molecule has 1 aliphatic heterocycles. The van der Waals surface area contributed by atoms with E-state index in [1.165, 1.54) is 0 Å². The van der Waals surface area contributed by atoms with Gasteiger partial charge in [-0.25, -0.2) is 9.97 Å². The summed E-state index contributed by atoms with van der Waals surface area (Å²) in [4.78, 5) is 24.1. The molecule has 0 bridgehead atoms. The standard InChI is InChI=1S/C21H14N4OS/c26-20-17(9-15-10-22-12-23-15)16-8-14(6-7-18(16)24-20)19-11-27-21(25-19)13-4-2-1-3-5-13/h1-12H,(H,22,23)(H,24,26). The minimum atomic E-state index is -0.111. The second-order valence-corrected chi connectivity index (χ2v) is 7.04. The molecule has 0 unspecified atom stereocenters. The fourth-order valence-corrected chi connectivity index (χ4v) is 3.95. The Morgan fingerprint density at radius 1 is 1.04 bits per heavy atom. The second kappa shape index (κ2) is 6.34. The summed E-state index contributed by atoms with van der Waals surface area (Å²) >= 11 is 1.61. The summed E-state index contributed by atoms with van der Waals surface area (Å²) in [5.74, 6) is -0.111. The molecular formula is C21H14N4OS. The number of amides is 1. The van der Waals surface area contributed by atoms with Crippen molar-refractivity contribution in [2.24, 2.45) is 0 Å². The highest BCUT2D eigenvalue weighted by Gasteiger charge is 2.25. The minimum Gasteiger partial charge on any atom is -0.345 e. The summed E-state index contributed by atoms with van der Waals surface area (Å²) < 4.78 is 0. The van der Waals surface area contributed by atoms with E-state index in [-0.39, 0.29) is 5.91 Å². The average molecular weight is 370 g/mol. The van der Waals surface area contributed by atoms with Crippen LogP contribution in [0.1, 0.15) is 11.3 Å². The number of fused-ring (bicyclic) bond motifs is 1. The zero-order valence-corrected chi connectivity index (χ0v) is 15.0. The van der Waals surface area contributed by atoms with Gasteiger partial charge in [0.2, 0.25) is 0 Å². The number of nitrogens with zero attached hydrogens (tertiary/aromatic N) is 2. The number of aromatic amines is 1. The molecule has 4 aromatic rings. The second-order valence-electron chi connectivity index (χ2n) is 6.18. The number of anilines is 1. The van der Waals surface area contributed by atoms with Crippen molar-refractivity contribution in [1.82, 2.24) is 15.0 Å². The molecule has 1 aliphatic rings. The van der Waals surface area contributed by atoms with Crippen molar-refractivity contribution in [3.63, 3.8) is 0 Å². The van der Waals surface area contributed by atoms with E-state index in [1.54, 1.807) is 23.9 Å². The van der Waals surface area contributed by atoms with Crippen molar-refractivity contribution in [2.45, 2.75) is 0 Å². The minimum absolute atomic E-state index is 0.111. The average Bonchev–Trinajstić information content (AvgIpc) is 3.44. The Bertz CT molecular complexity index is 1160. The maximum atomic E-state index is 12.4. The van der Waals surface area contributed by atoms with Crippen molar-refractivity contribution in [1.29, 1.82) is 0 Å². The van der Waals surface area contributed by atoms with Crippen LogP contribution in [0.3, 0.4) is 0 Å². The van der Waals surface area contributed by atoms with Gasteiger partial charge in [-0.15, -0.1) is 11.3 Å². The summed E-state index contributed by atoms with van der Waals surface area (Å²) in [6.07, 6.45) is 5.10. The Kier molecular flexibility index (Phi) is 3.69. The third-order valence-corrected chi connectivity index (χ3v) is 5.33. The van der Waals surface area contributed by atoms with Crippen LogP contribution in [0, 0.1) is 0 Å². The van der Waals surface area contributed by atoms with Crippen molar-refractivity contribution < 1.29 is 4.79 Å². The number of H-pyrrole nitrogens is 1. The number of nitrogens with one attached hydrogen (secondary N) is 2. The maximum absolute atomic E-state index is 12.4. The predicted molar refractivity (Wildman–Crippen MR) is 108 cm³/mol. The molecule has 5 rings (SSSR count). The number of benzene rings is 2. The third kappa shape index (κ3) is 2.86. The number of hydrogen-bond acceptors (Lipinski definition) is 4. The normalized spacial score (nSPS) is 14.4. The Morgan fingerprint density at radius 3 is 2.74 bits per heavy atom. The fraction of sp³-hybridized carbons (Fsp3) is 0. The van der Waals surface area contributed by atoms with Crippen molar-refractivity contribution in [2.75, 3.05) is 5.32 Å². The van der Waals surface area contributed by atoms with Crippen molar-refractivity contribution in [3.8, 4) is 21.8 Å². The lowest BCUT2D eigenvalue weighted by atomic mass is 10.0. The van der Waals surface area contributed by atoms with Gasteiger partial charge in [-0.1, -0.05) is 36.4 Å². The van der Waals surface area contributed by atoms with Gasteiger partial charge in [-0.05, 0) is 18.2 Å². The van der Waals surface area contributed by atoms with E-state index in [1.807, 2.05) is 47.9 Å². The van der Waals surface area contributed by atoms with Crippen LogP contribution in [0.5, 0.6) is 0 Å². The van der Waals surface area contributed by atoms with Crippen LogP contribution in [0.4, 0.5) is 5.69 Å². The largest absolute Gasteiger partial charge is 0.345 e. The van der Waals surface area contributed by atoms with Crippen LogP contribution in [0.25, 0.3) is 33.5 Å². The summed E-state index contributed by atoms with van der Waals surface area (Å²) in [6.45, 7) is 0. The van der Waals surface area contributed by atoms with Gasteiger partial charge in [-0.3, -0.25) is 4.79 Å². The van der Waals surface area contributed by atoms with Crippen molar-refractivity contribution in [3.05, 3.63) is 77.7 Å². The lowest BCUT2D eigenvalue weighted by molar-refractivity contribution is -0.110. The van der Waals surface area contributed by atoms with Gasteiger partial charge in [0, 0.05) is 27.8 Å². The number of hydrogen-bond donors (Lipinski definition) is 2. The van der Waals surface area contributed by atoms with Crippen LogP contribution in [0.2, 0.25) is 0 Å². The smallest absolute Gasteiger partial charge is 0.256 e. The summed E-state index contributed by atoms with van der Waals surface area (Å²) in [7, 11) is 0. The van der Waals surface area contributed by atoms with E-state index in [4.69, 9.17) is 4.98 Å². The number of imidazole rings is 1. The quantitative estimate of drug-likeness (QED) is 0.514. The molecule has 0 radical (unpaired) electrons. The predicted octanol–water partition coefficient (Wildman–Crippen LogP) is 4.69. The summed E-state index contributed by atoms with van der Waals surface area (Å²) in [5.41, 5.74) is 6.09. The van der Waals surface area contributed by atoms with Crippen LogP contribution >= 0.6 is 11.3 Å². The number of thiazole rings is 1. The molecule has 5 nitrogen and oxygen atoms in total. The Labute approximate surface area is 159 Å². The van der Waals surface area contributed by atoms with E-state index in [2.05, 4.69) is 27.4 Å². The molecule has 0 atom stereocenters. The molecule has 130 valence electrons. The summed E-state index contributed by atoms with van der Waals surface area (Å²) in [6, 6.07) is 16.1. The first-order valence-electron chi connectivity index (χ1n) is 8.45. The third-order valence-electron chi connectivity index (χ3n) is 4.44. The van der Waals surface area contributed by atoms with E-state index in [0.717, 1.165) is 38.8 Å². The highest BCUT2D eigenvalue weighted by atomic mass is 32.1. The van der Waals surface area contributed by atoms with Crippen LogP contribution in [-0.4, -0.2) is 20.9 Å². The zero-order chi connectivity index (χ0) is 18.2. The van der Waals surface area contributed by atoms with Gasteiger partial charge in [0.15, 0.2) is 0 Å².